The lowest BCUT2D eigenvalue weighted by Gasteiger charge is -2.47. The molecule has 5 nitrogen and oxygen atoms in total. The molecule has 14 aromatic rings. The minimum Gasteiger partial charge on any atom is -0.311 e. The molecule has 0 saturated heterocycles. The number of anilines is 12. The predicted molar refractivity (Wildman–Crippen MR) is 379 cm³/mol. The van der Waals surface area contributed by atoms with E-state index in [0.29, 0.717) is 0 Å². The maximum Gasteiger partial charge on any atom is 0.254 e. The largest absolute Gasteiger partial charge is 0.311 e. The van der Waals surface area contributed by atoms with Gasteiger partial charge in [0.25, 0.3) is 13.4 Å². The number of aromatic nitrogens is 1. The van der Waals surface area contributed by atoms with E-state index >= 15 is 0 Å². The molecule has 0 saturated carbocycles. The highest BCUT2D eigenvalue weighted by atomic mass is 15.3. The van der Waals surface area contributed by atoms with E-state index in [1.54, 1.807) is 0 Å². The van der Waals surface area contributed by atoms with Crippen LogP contribution in [0, 0.1) is 0 Å². The second-order valence-electron chi connectivity index (χ2n) is 23.7. The summed E-state index contributed by atoms with van der Waals surface area (Å²) in [6.45, 7) is -0.446. The summed E-state index contributed by atoms with van der Waals surface area (Å²) >= 11 is 0. The Bertz CT molecular complexity index is 4980. The number of benzene rings is 13. The fourth-order valence-electron chi connectivity index (χ4n) is 15.1. The Morgan fingerprint density at radius 2 is 0.533 bits per heavy atom. The Hall–Kier alpha value is -11.7. The molecule has 5 heterocycles. The van der Waals surface area contributed by atoms with Gasteiger partial charge in [0.2, 0.25) is 0 Å². The smallest absolute Gasteiger partial charge is 0.254 e. The molecular formula is C83H55B2N5. The number of hydrogen-bond acceptors (Lipinski definition) is 5. The normalized spacial score (nSPS) is 13.0. The second kappa shape index (κ2) is 21.0. The molecule has 418 valence electrons. The third-order valence-corrected chi connectivity index (χ3v) is 18.8. The first-order valence-corrected chi connectivity index (χ1v) is 31.1. The van der Waals surface area contributed by atoms with E-state index in [-0.39, 0.29) is 13.4 Å². The number of pyridine rings is 1. The number of rotatable bonds is 9. The van der Waals surface area contributed by atoms with Crippen LogP contribution in [0.15, 0.2) is 334 Å². The van der Waals surface area contributed by atoms with Gasteiger partial charge in [-0.1, -0.05) is 273 Å². The van der Waals surface area contributed by atoms with Gasteiger partial charge in [0.05, 0.1) is 11.4 Å². The van der Waals surface area contributed by atoms with E-state index < -0.39 is 0 Å². The van der Waals surface area contributed by atoms with E-state index in [0.717, 1.165) is 135 Å². The van der Waals surface area contributed by atoms with Gasteiger partial charge in [0.1, 0.15) is 11.6 Å². The zero-order valence-corrected chi connectivity index (χ0v) is 49.1. The van der Waals surface area contributed by atoms with Gasteiger partial charge in [-0.2, -0.15) is 0 Å². The van der Waals surface area contributed by atoms with Crippen molar-refractivity contribution in [1.82, 2.24) is 4.98 Å². The fraction of sp³-hybridized carbons (Fsp3) is 0. The highest BCUT2D eigenvalue weighted by Gasteiger charge is 2.50. The molecule has 7 heteroatoms. The topological polar surface area (TPSA) is 25.9 Å². The quantitative estimate of drug-likeness (QED) is 0.134. The van der Waals surface area contributed by atoms with E-state index in [1.807, 2.05) is 0 Å². The lowest BCUT2D eigenvalue weighted by Crippen LogP contribution is -2.65. The summed E-state index contributed by atoms with van der Waals surface area (Å²) in [7, 11) is 0. The van der Waals surface area contributed by atoms with E-state index in [2.05, 4.69) is 353 Å². The van der Waals surface area contributed by atoms with Crippen LogP contribution in [0.5, 0.6) is 0 Å². The Morgan fingerprint density at radius 1 is 0.211 bits per heavy atom. The monoisotopic (exact) mass is 1140 g/mol. The third kappa shape index (κ3) is 8.03. The molecule has 0 spiro atoms. The van der Waals surface area contributed by atoms with Crippen molar-refractivity contribution in [2.75, 3.05) is 19.6 Å². The van der Waals surface area contributed by atoms with Crippen LogP contribution in [0.3, 0.4) is 0 Å². The molecule has 4 aliphatic rings. The molecule has 90 heavy (non-hydrogen) atoms. The van der Waals surface area contributed by atoms with Crippen LogP contribution >= 0.6 is 0 Å². The zero-order valence-electron chi connectivity index (χ0n) is 49.1. The van der Waals surface area contributed by atoms with Crippen LogP contribution in [-0.4, -0.2) is 18.4 Å². The fourth-order valence-corrected chi connectivity index (χ4v) is 15.1. The van der Waals surface area contributed by atoms with Crippen LogP contribution < -0.4 is 52.4 Å². The number of hydrogen-bond donors (Lipinski definition) is 0. The molecule has 0 atom stereocenters. The van der Waals surface area contributed by atoms with Crippen molar-refractivity contribution >= 4 is 115 Å². The van der Waals surface area contributed by atoms with Gasteiger partial charge in [-0.25, -0.2) is 4.98 Å². The van der Waals surface area contributed by atoms with Crippen molar-refractivity contribution in [3.63, 3.8) is 0 Å². The standard InChI is InChI=1S/C83H55B2N5/c1-8-29-56(30-9-1)61-53-76-79-77(54-61)90(81-66(59-35-14-4-15-36-59)45-27-46-67(81)60-37-16-5-17-38-60)83-71(85(79)69-48-23-25-50-73(69)89(76)80-64(57-31-10-2-11-32-57)43-26-44-65(80)58-33-12-3-13-34-58)55-70-82(86-83)88(63-41-20-7-21-42-63)75-52-28-51-74-78(75)84(70)68-47-22-24-49-72(68)87(74)62-39-18-6-19-40-62/h1-55H. The van der Waals surface area contributed by atoms with Crippen LogP contribution in [0.25, 0.3) is 55.6 Å². The maximum atomic E-state index is 6.48. The Morgan fingerprint density at radius 3 is 1.00 bits per heavy atom. The molecule has 18 rings (SSSR count). The molecule has 0 bridgehead atoms. The Kier molecular flexibility index (Phi) is 12.1. The van der Waals surface area contributed by atoms with Gasteiger partial charge < -0.3 is 9.80 Å². The summed E-state index contributed by atoms with van der Waals surface area (Å²) in [5.74, 6) is 1.79. The summed E-state index contributed by atoms with van der Waals surface area (Å²) < 4.78 is 0. The summed E-state index contributed by atoms with van der Waals surface area (Å²) in [5.41, 5.74) is 29.5. The van der Waals surface area contributed by atoms with Gasteiger partial charge >= 0.3 is 0 Å². The van der Waals surface area contributed by atoms with Crippen LogP contribution in [0.4, 0.5) is 68.5 Å². The van der Waals surface area contributed by atoms with Gasteiger partial charge in [0.15, 0.2) is 0 Å². The first-order valence-electron chi connectivity index (χ1n) is 31.1. The lowest BCUT2D eigenvalue weighted by atomic mass is 9.30. The third-order valence-electron chi connectivity index (χ3n) is 18.8. The highest BCUT2D eigenvalue weighted by Crippen LogP contribution is 2.54. The van der Waals surface area contributed by atoms with Crippen LogP contribution in [0.1, 0.15) is 0 Å². The zero-order chi connectivity index (χ0) is 59.2. The van der Waals surface area contributed by atoms with Crippen LogP contribution in [0.2, 0.25) is 0 Å². The first-order chi connectivity index (χ1) is 44.7. The molecule has 0 amide bonds. The minimum absolute atomic E-state index is 0.173. The molecule has 13 aromatic carbocycles. The number of para-hydroxylation sites is 6. The molecule has 0 aliphatic carbocycles. The van der Waals surface area contributed by atoms with Gasteiger partial charge in [-0.15, -0.1) is 0 Å². The summed E-state index contributed by atoms with van der Waals surface area (Å²) in [6, 6.07) is 123. The molecule has 4 aliphatic heterocycles. The molecule has 0 unspecified atom stereocenters. The summed E-state index contributed by atoms with van der Waals surface area (Å²) in [4.78, 5) is 16.6. The van der Waals surface area contributed by atoms with Crippen molar-refractivity contribution < 1.29 is 0 Å². The van der Waals surface area contributed by atoms with E-state index in [4.69, 9.17) is 4.98 Å². The number of nitrogens with zero attached hydrogens (tertiary/aromatic N) is 5. The van der Waals surface area contributed by atoms with Crippen molar-refractivity contribution in [2.45, 2.75) is 0 Å². The van der Waals surface area contributed by atoms with Gasteiger partial charge in [-0.05, 0) is 127 Å². The van der Waals surface area contributed by atoms with Gasteiger partial charge in [-0.3, -0.25) is 9.80 Å². The molecule has 0 N–H and O–H groups in total. The van der Waals surface area contributed by atoms with Crippen LogP contribution in [-0.2, 0) is 0 Å². The summed E-state index contributed by atoms with van der Waals surface area (Å²) in [6.07, 6.45) is 0. The minimum atomic E-state index is -0.272. The summed E-state index contributed by atoms with van der Waals surface area (Å²) in [5, 5.41) is 0. The molecule has 0 fully saturated rings. The van der Waals surface area contributed by atoms with Gasteiger partial charge in [0, 0.05) is 67.8 Å². The molecule has 1 aromatic heterocycles. The lowest BCUT2D eigenvalue weighted by molar-refractivity contribution is 1.14. The molecular weight excluding hydrogens is 1090 g/mol. The highest BCUT2D eigenvalue weighted by molar-refractivity contribution is 7.03. The van der Waals surface area contributed by atoms with Crippen molar-refractivity contribution in [3.8, 4) is 55.6 Å². The number of fused-ring (bicyclic) bond motifs is 8. The Balaban J connectivity index is 1.01. The SMILES string of the molecule is c1ccc(-c2cc3c4c(c2)N(c2c(-c5ccccc5)cccc2-c2ccccc2)c2nc5c(cc2B4c2ccccc2N3c2c(-c3ccccc3)cccc2-c2ccccc2)B2c3ccccc3N(c3ccccc3)c3cccc(c32)N5c2ccccc2)cc1. The Labute approximate surface area is 525 Å². The molecule has 0 radical (unpaired) electrons. The first kappa shape index (κ1) is 51.6. The average Bonchev–Trinajstić information content (AvgIpc) is 0.688. The van der Waals surface area contributed by atoms with Crippen molar-refractivity contribution in [2.24, 2.45) is 0 Å². The van der Waals surface area contributed by atoms with E-state index in [1.165, 1.54) is 21.9 Å². The maximum absolute atomic E-state index is 6.48. The second-order valence-corrected chi connectivity index (χ2v) is 23.7. The van der Waals surface area contributed by atoms with Crippen molar-refractivity contribution in [3.05, 3.63) is 334 Å². The van der Waals surface area contributed by atoms with Crippen molar-refractivity contribution in [1.29, 1.82) is 0 Å². The average molecular weight is 1140 g/mol. The predicted octanol–water partition coefficient (Wildman–Crippen LogP) is 17.6. The van der Waals surface area contributed by atoms with E-state index in [9.17, 15) is 0 Å².